The molecule has 0 heterocycles. The smallest absolute Gasteiger partial charge is 0.272 e. The lowest BCUT2D eigenvalue weighted by atomic mass is 10.1. The first-order chi connectivity index (χ1) is 9.49. The summed E-state index contributed by atoms with van der Waals surface area (Å²) in [5.41, 5.74) is 0.880. The lowest BCUT2D eigenvalue weighted by Crippen LogP contribution is -2.38. The Morgan fingerprint density at radius 3 is 2.75 bits per heavy atom. The number of aryl methyl sites for hydroxylation is 1. The molecule has 6 nitrogen and oxygen atoms in total. The predicted octanol–water partition coefficient (Wildman–Crippen LogP) is 2.43. The monoisotopic (exact) mass is 344 g/mol. The molecule has 1 aromatic carbocycles. The number of halogens is 1. The van der Waals surface area contributed by atoms with Crippen LogP contribution in [0.3, 0.4) is 0 Å². The predicted molar refractivity (Wildman–Crippen MR) is 79.4 cm³/mol. The Bertz CT molecular complexity index is 487. The number of alkyl halides is 1. The Balaban J connectivity index is 2.81. The van der Waals surface area contributed by atoms with Crippen LogP contribution in [0.2, 0.25) is 0 Å². The largest absolute Gasteiger partial charge is 0.383 e. The summed E-state index contributed by atoms with van der Waals surface area (Å²) in [6.07, 6.45) is 0.742. The van der Waals surface area contributed by atoms with Crippen molar-refractivity contribution in [1.82, 2.24) is 5.32 Å². The van der Waals surface area contributed by atoms with Gasteiger partial charge >= 0.3 is 0 Å². The summed E-state index contributed by atoms with van der Waals surface area (Å²) < 4.78 is 5.04. The van der Waals surface area contributed by atoms with Crippen molar-refractivity contribution in [3.8, 4) is 0 Å². The SMILES string of the molecule is COCC(CCBr)NC(=O)c1ccc([N+](=O)[O-])c(C)c1. The minimum Gasteiger partial charge on any atom is -0.383 e. The Morgan fingerprint density at radius 1 is 1.55 bits per heavy atom. The van der Waals surface area contributed by atoms with Crippen molar-refractivity contribution in [2.45, 2.75) is 19.4 Å². The summed E-state index contributed by atoms with van der Waals surface area (Å²) in [6, 6.07) is 4.23. The second-order valence-corrected chi connectivity index (χ2v) is 5.15. The molecule has 0 spiro atoms. The number of nitrogens with zero attached hydrogens (tertiary/aromatic N) is 1. The number of nitro groups is 1. The molecule has 1 atom stereocenters. The number of hydrogen-bond donors (Lipinski definition) is 1. The molecule has 1 rings (SSSR count). The Labute approximate surface area is 125 Å². The van der Waals surface area contributed by atoms with Gasteiger partial charge in [0, 0.05) is 29.6 Å². The van der Waals surface area contributed by atoms with Crippen LogP contribution in [0.1, 0.15) is 22.3 Å². The number of carbonyl (C=O) groups excluding carboxylic acids is 1. The minimum absolute atomic E-state index is 0.00968. The zero-order valence-electron chi connectivity index (χ0n) is 11.4. The van der Waals surface area contributed by atoms with Crippen molar-refractivity contribution in [3.63, 3.8) is 0 Å². The fraction of sp³-hybridized carbons (Fsp3) is 0.462. The number of hydrogen-bond acceptors (Lipinski definition) is 4. The summed E-state index contributed by atoms with van der Waals surface area (Å²) in [4.78, 5) is 22.4. The molecule has 1 amide bonds. The van der Waals surface area contributed by atoms with Crippen LogP contribution >= 0.6 is 15.9 Å². The fourth-order valence-electron chi connectivity index (χ4n) is 1.80. The first-order valence-electron chi connectivity index (χ1n) is 6.10. The van der Waals surface area contributed by atoms with E-state index in [2.05, 4.69) is 21.2 Å². The van der Waals surface area contributed by atoms with Gasteiger partial charge < -0.3 is 10.1 Å². The van der Waals surface area contributed by atoms with Gasteiger partial charge in [-0.2, -0.15) is 0 Å². The lowest BCUT2D eigenvalue weighted by molar-refractivity contribution is -0.385. The standard InChI is InChI=1S/C13H17BrN2O4/c1-9-7-10(3-4-12(9)16(18)19)13(17)15-11(5-6-14)8-20-2/h3-4,7,11H,5-6,8H2,1-2H3,(H,15,17). The first kappa shape index (κ1) is 16.6. The van der Waals surface area contributed by atoms with Gasteiger partial charge in [0.1, 0.15) is 0 Å². The van der Waals surface area contributed by atoms with Crippen LogP contribution in [-0.2, 0) is 4.74 Å². The molecule has 0 aromatic heterocycles. The highest BCUT2D eigenvalue weighted by Gasteiger charge is 2.16. The number of benzene rings is 1. The van der Waals surface area contributed by atoms with E-state index in [4.69, 9.17) is 4.74 Å². The van der Waals surface area contributed by atoms with E-state index in [1.165, 1.54) is 18.2 Å². The molecule has 0 bridgehead atoms. The summed E-state index contributed by atoms with van der Waals surface area (Å²) >= 11 is 3.32. The quantitative estimate of drug-likeness (QED) is 0.468. The normalized spacial score (nSPS) is 11.9. The van der Waals surface area contributed by atoms with Gasteiger partial charge in [-0.15, -0.1) is 0 Å². The molecular weight excluding hydrogens is 328 g/mol. The number of amides is 1. The van der Waals surface area contributed by atoms with E-state index in [0.29, 0.717) is 17.7 Å². The van der Waals surface area contributed by atoms with Crippen molar-refractivity contribution in [1.29, 1.82) is 0 Å². The molecule has 7 heteroatoms. The van der Waals surface area contributed by atoms with Crippen molar-refractivity contribution < 1.29 is 14.5 Å². The molecule has 0 saturated heterocycles. The molecular formula is C13H17BrN2O4. The van der Waals surface area contributed by atoms with Gasteiger partial charge in [-0.05, 0) is 25.5 Å². The molecule has 20 heavy (non-hydrogen) atoms. The van der Waals surface area contributed by atoms with E-state index in [0.717, 1.165) is 11.8 Å². The lowest BCUT2D eigenvalue weighted by Gasteiger charge is -2.17. The Kier molecular flexibility index (Phi) is 6.60. The van der Waals surface area contributed by atoms with Gasteiger partial charge in [-0.1, -0.05) is 15.9 Å². The van der Waals surface area contributed by atoms with Crippen LogP contribution in [0, 0.1) is 17.0 Å². The van der Waals surface area contributed by atoms with Crippen LogP contribution in [0.25, 0.3) is 0 Å². The van der Waals surface area contributed by atoms with E-state index in [-0.39, 0.29) is 17.6 Å². The van der Waals surface area contributed by atoms with Gasteiger partial charge in [-0.3, -0.25) is 14.9 Å². The number of nitrogens with one attached hydrogen (secondary N) is 1. The maximum absolute atomic E-state index is 12.1. The van der Waals surface area contributed by atoms with Crippen molar-refractivity contribution in [3.05, 3.63) is 39.4 Å². The number of ether oxygens (including phenoxy) is 1. The minimum atomic E-state index is -0.463. The molecule has 0 fully saturated rings. The van der Waals surface area contributed by atoms with E-state index in [9.17, 15) is 14.9 Å². The van der Waals surface area contributed by atoms with Crippen molar-refractivity contribution in [2.24, 2.45) is 0 Å². The van der Waals surface area contributed by atoms with Crippen LogP contribution in [0.15, 0.2) is 18.2 Å². The molecule has 1 aromatic rings. The van der Waals surface area contributed by atoms with Gasteiger partial charge in [0.25, 0.3) is 11.6 Å². The molecule has 0 radical (unpaired) electrons. The van der Waals surface area contributed by atoms with Crippen LogP contribution < -0.4 is 5.32 Å². The average molecular weight is 345 g/mol. The Hall–Kier alpha value is -1.47. The zero-order valence-corrected chi connectivity index (χ0v) is 13.0. The van der Waals surface area contributed by atoms with Crippen molar-refractivity contribution >= 4 is 27.5 Å². The maximum Gasteiger partial charge on any atom is 0.272 e. The van der Waals surface area contributed by atoms with Gasteiger partial charge in [0.2, 0.25) is 0 Å². The van der Waals surface area contributed by atoms with Gasteiger partial charge in [0.15, 0.2) is 0 Å². The first-order valence-corrected chi connectivity index (χ1v) is 7.22. The highest BCUT2D eigenvalue weighted by molar-refractivity contribution is 9.09. The number of carbonyl (C=O) groups is 1. The average Bonchev–Trinajstić information content (AvgIpc) is 2.38. The van der Waals surface area contributed by atoms with Crippen LogP contribution in [-0.4, -0.2) is 35.9 Å². The second kappa shape index (κ2) is 7.96. The zero-order chi connectivity index (χ0) is 15.1. The van der Waals surface area contributed by atoms with E-state index >= 15 is 0 Å². The third-order valence-corrected chi connectivity index (χ3v) is 3.27. The summed E-state index contributed by atoms with van der Waals surface area (Å²) in [6.45, 7) is 2.03. The topological polar surface area (TPSA) is 81.5 Å². The molecule has 1 N–H and O–H groups in total. The molecule has 1 unspecified atom stereocenters. The molecule has 0 aliphatic heterocycles. The van der Waals surface area contributed by atoms with Gasteiger partial charge in [0.05, 0.1) is 17.6 Å². The summed E-state index contributed by atoms with van der Waals surface area (Å²) in [5, 5.41) is 14.3. The van der Waals surface area contributed by atoms with Crippen molar-refractivity contribution in [2.75, 3.05) is 19.0 Å². The van der Waals surface area contributed by atoms with E-state index < -0.39 is 4.92 Å². The van der Waals surface area contributed by atoms with Crippen LogP contribution in [0.5, 0.6) is 0 Å². The molecule has 0 aliphatic rings. The summed E-state index contributed by atoms with van der Waals surface area (Å²) in [7, 11) is 1.57. The second-order valence-electron chi connectivity index (χ2n) is 4.36. The third kappa shape index (κ3) is 4.57. The number of rotatable bonds is 7. The highest BCUT2D eigenvalue weighted by Crippen LogP contribution is 2.18. The third-order valence-electron chi connectivity index (χ3n) is 2.82. The van der Waals surface area contributed by atoms with Gasteiger partial charge in [-0.25, -0.2) is 0 Å². The van der Waals surface area contributed by atoms with E-state index in [1.54, 1.807) is 14.0 Å². The molecule has 0 aliphatic carbocycles. The highest BCUT2D eigenvalue weighted by atomic mass is 79.9. The fourth-order valence-corrected chi connectivity index (χ4v) is 2.35. The maximum atomic E-state index is 12.1. The van der Waals surface area contributed by atoms with E-state index in [1.807, 2.05) is 0 Å². The molecule has 110 valence electrons. The summed E-state index contributed by atoms with van der Waals surface area (Å²) in [5.74, 6) is -0.258. The number of methoxy groups -OCH3 is 1. The Morgan fingerprint density at radius 2 is 2.25 bits per heavy atom. The number of nitro benzene ring substituents is 1. The molecule has 0 saturated carbocycles. The van der Waals surface area contributed by atoms with Crippen LogP contribution in [0.4, 0.5) is 5.69 Å².